The molecule has 0 heterocycles. The SMILES string of the molecule is Cc1cc(C)cc(OCCNC(=O)c2cccc(S(=O)(=O)NCc3ccccc3)c2)c1. The number of hydrogen-bond donors (Lipinski definition) is 2. The minimum Gasteiger partial charge on any atom is -0.492 e. The van der Waals surface area contributed by atoms with E-state index in [1.807, 2.05) is 56.3 Å². The van der Waals surface area contributed by atoms with Crippen molar-refractivity contribution in [3.05, 3.63) is 95.1 Å². The number of sulfonamides is 1. The summed E-state index contributed by atoms with van der Waals surface area (Å²) in [6.07, 6.45) is 0. The van der Waals surface area contributed by atoms with Crippen molar-refractivity contribution in [2.45, 2.75) is 25.3 Å². The van der Waals surface area contributed by atoms with Gasteiger partial charge in [-0.25, -0.2) is 13.1 Å². The van der Waals surface area contributed by atoms with Crippen molar-refractivity contribution in [2.24, 2.45) is 0 Å². The van der Waals surface area contributed by atoms with E-state index < -0.39 is 10.0 Å². The van der Waals surface area contributed by atoms with Gasteiger partial charge in [0.2, 0.25) is 10.0 Å². The molecule has 162 valence electrons. The van der Waals surface area contributed by atoms with Gasteiger partial charge in [0.05, 0.1) is 11.4 Å². The van der Waals surface area contributed by atoms with Crippen molar-refractivity contribution in [1.82, 2.24) is 10.0 Å². The number of rotatable bonds is 9. The molecule has 7 heteroatoms. The van der Waals surface area contributed by atoms with E-state index in [0.717, 1.165) is 22.4 Å². The quantitative estimate of drug-likeness (QED) is 0.500. The second-order valence-corrected chi connectivity index (χ2v) is 9.03. The van der Waals surface area contributed by atoms with Gasteiger partial charge in [0.1, 0.15) is 12.4 Å². The molecule has 0 aliphatic heterocycles. The Bertz CT molecular complexity index is 1130. The lowest BCUT2D eigenvalue weighted by molar-refractivity contribution is 0.0946. The highest BCUT2D eigenvalue weighted by Crippen LogP contribution is 2.16. The molecule has 0 unspecified atom stereocenters. The summed E-state index contributed by atoms with van der Waals surface area (Å²) in [5.74, 6) is 0.397. The fourth-order valence-electron chi connectivity index (χ4n) is 3.11. The molecular formula is C24H26N2O4S. The van der Waals surface area contributed by atoms with Crippen LogP contribution >= 0.6 is 0 Å². The van der Waals surface area contributed by atoms with Gasteiger partial charge in [-0.15, -0.1) is 0 Å². The van der Waals surface area contributed by atoms with E-state index in [4.69, 9.17) is 4.74 Å². The molecule has 0 fully saturated rings. The molecule has 3 aromatic rings. The molecule has 31 heavy (non-hydrogen) atoms. The largest absolute Gasteiger partial charge is 0.492 e. The van der Waals surface area contributed by atoms with E-state index in [0.29, 0.717) is 13.2 Å². The predicted molar refractivity (Wildman–Crippen MR) is 121 cm³/mol. The summed E-state index contributed by atoms with van der Waals surface area (Å²) >= 11 is 0. The second kappa shape index (κ2) is 10.2. The van der Waals surface area contributed by atoms with Gasteiger partial charge in [0.25, 0.3) is 5.91 Å². The van der Waals surface area contributed by atoms with E-state index >= 15 is 0 Å². The molecule has 0 saturated carbocycles. The number of carbonyl (C=O) groups is 1. The third-order valence-electron chi connectivity index (χ3n) is 4.57. The number of hydrogen-bond acceptors (Lipinski definition) is 4. The molecule has 2 N–H and O–H groups in total. The molecule has 0 bridgehead atoms. The fourth-order valence-corrected chi connectivity index (χ4v) is 4.18. The number of nitrogens with one attached hydrogen (secondary N) is 2. The maximum Gasteiger partial charge on any atom is 0.251 e. The van der Waals surface area contributed by atoms with Crippen LogP contribution in [0.3, 0.4) is 0 Å². The molecule has 0 saturated heterocycles. The number of aryl methyl sites for hydroxylation is 2. The summed E-state index contributed by atoms with van der Waals surface area (Å²) in [5.41, 5.74) is 3.34. The normalized spacial score (nSPS) is 11.2. The lowest BCUT2D eigenvalue weighted by atomic mass is 10.1. The van der Waals surface area contributed by atoms with Crippen LogP contribution in [-0.4, -0.2) is 27.5 Å². The highest BCUT2D eigenvalue weighted by atomic mass is 32.2. The van der Waals surface area contributed by atoms with Crippen molar-refractivity contribution in [1.29, 1.82) is 0 Å². The molecule has 0 aliphatic carbocycles. The van der Waals surface area contributed by atoms with Crippen LogP contribution in [0.2, 0.25) is 0 Å². The highest BCUT2D eigenvalue weighted by Gasteiger charge is 2.16. The first-order chi connectivity index (χ1) is 14.8. The minimum absolute atomic E-state index is 0.0440. The van der Waals surface area contributed by atoms with Crippen LogP contribution in [0.1, 0.15) is 27.0 Å². The fraction of sp³-hybridized carbons (Fsp3) is 0.208. The molecule has 0 aliphatic rings. The summed E-state index contributed by atoms with van der Waals surface area (Å²) in [5, 5.41) is 2.76. The van der Waals surface area contributed by atoms with Gasteiger partial charge < -0.3 is 10.1 Å². The van der Waals surface area contributed by atoms with Crippen LogP contribution in [0, 0.1) is 13.8 Å². The first-order valence-corrected chi connectivity index (χ1v) is 11.4. The third-order valence-corrected chi connectivity index (χ3v) is 5.97. The maximum atomic E-state index is 12.6. The Morgan fingerprint density at radius 2 is 1.61 bits per heavy atom. The van der Waals surface area contributed by atoms with E-state index in [1.54, 1.807) is 12.1 Å². The van der Waals surface area contributed by atoms with Gasteiger partial charge in [-0.05, 0) is 60.9 Å². The zero-order valence-corrected chi connectivity index (χ0v) is 18.4. The monoisotopic (exact) mass is 438 g/mol. The van der Waals surface area contributed by atoms with E-state index in [2.05, 4.69) is 16.1 Å². The highest BCUT2D eigenvalue weighted by molar-refractivity contribution is 7.89. The zero-order valence-electron chi connectivity index (χ0n) is 17.6. The van der Waals surface area contributed by atoms with Crippen LogP contribution in [0.25, 0.3) is 0 Å². The molecule has 3 aromatic carbocycles. The molecule has 0 radical (unpaired) electrons. The van der Waals surface area contributed by atoms with Gasteiger partial charge in [-0.1, -0.05) is 42.5 Å². The maximum absolute atomic E-state index is 12.6. The minimum atomic E-state index is -3.74. The van der Waals surface area contributed by atoms with Crippen molar-refractivity contribution in [2.75, 3.05) is 13.2 Å². The second-order valence-electron chi connectivity index (χ2n) is 7.27. The zero-order chi connectivity index (χ0) is 22.3. The number of ether oxygens (including phenoxy) is 1. The Kier molecular flexibility index (Phi) is 7.44. The lowest BCUT2D eigenvalue weighted by Crippen LogP contribution is -2.28. The van der Waals surface area contributed by atoms with Crippen molar-refractivity contribution >= 4 is 15.9 Å². The lowest BCUT2D eigenvalue weighted by Gasteiger charge is -2.11. The van der Waals surface area contributed by atoms with Gasteiger partial charge in [-0.3, -0.25) is 4.79 Å². The molecule has 0 aromatic heterocycles. The van der Waals surface area contributed by atoms with Crippen molar-refractivity contribution < 1.29 is 17.9 Å². The van der Waals surface area contributed by atoms with Crippen LogP contribution in [0.5, 0.6) is 5.75 Å². The molecule has 6 nitrogen and oxygen atoms in total. The topological polar surface area (TPSA) is 84.5 Å². The van der Waals surface area contributed by atoms with E-state index in [1.165, 1.54) is 12.1 Å². The standard InChI is InChI=1S/C24H26N2O4S/c1-18-13-19(2)15-22(14-18)30-12-11-25-24(27)21-9-6-10-23(16-21)31(28,29)26-17-20-7-4-3-5-8-20/h3-10,13-16,26H,11-12,17H2,1-2H3,(H,25,27). The summed E-state index contributed by atoms with van der Waals surface area (Å²) in [4.78, 5) is 12.5. The number of benzene rings is 3. The van der Waals surface area contributed by atoms with Crippen LogP contribution in [0.4, 0.5) is 0 Å². The van der Waals surface area contributed by atoms with Crippen LogP contribution < -0.4 is 14.8 Å². The third kappa shape index (κ3) is 6.67. The average molecular weight is 439 g/mol. The van der Waals surface area contributed by atoms with Crippen LogP contribution in [0.15, 0.2) is 77.7 Å². The molecule has 0 atom stereocenters. The van der Waals surface area contributed by atoms with Gasteiger partial charge in [0.15, 0.2) is 0 Å². The number of carbonyl (C=O) groups excluding carboxylic acids is 1. The van der Waals surface area contributed by atoms with Gasteiger partial charge >= 0.3 is 0 Å². The van der Waals surface area contributed by atoms with Crippen LogP contribution in [-0.2, 0) is 16.6 Å². The van der Waals surface area contributed by atoms with Crippen molar-refractivity contribution in [3.63, 3.8) is 0 Å². The van der Waals surface area contributed by atoms with E-state index in [-0.39, 0.29) is 22.9 Å². The predicted octanol–water partition coefficient (Wildman–Crippen LogP) is 3.59. The summed E-state index contributed by atoms with van der Waals surface area (Å²) in [7, 11) is -3.74. The average Bonchev–Trinajstić information content (AvgIpc) is 2.75. The molecule has 0 spiro atoms. The Labute approximate surface area is 183 Å². The number of amides is 1. The molecule has 3 rings (SSSR count). The Hall–Kier alpha value is -3.16. The van der Waals surface area contributed by atoms with Gasteiger partial charge in [0, 0.05) is 12.1 Å². The Morgan fingerprint density at radius 3 is 2.32 bits per heavy atom. The summed E-state index contributed by atoms with van der Waals surface area (Å²) in [6, 6.07) is 21.1. The molecular weight excluding hydrogens is 412 g/mol. The van der Waals surface area contributed by atoms with Gasteiger partial charge in [-0.2, -0.15) is 0 Å². The first-order valence-electron chi connectivity index (χ1n) is 9.96. The summed E-state index contributed by atoms with van der Waals surface area (Å²) < 4.78 is 33.4. The Morgan fingerprint density at radius 1 is 0.903 bits per heavy atom. The Balaban J connectivity index is 1.55. The smallest absolute Gasteiger partial charge is 0.251 e. The van der Waals surface area contributed by atoms with E-state index in [9.17, 15) is 13.2 Å². The first kappa shape index (κ1) is 22.5. The molecule has 1 amide bonds. The van der Waals surface area contributed by atoms with Crippen molar-refractivity contribution in [3.8, 4) is 5.75 Å². The summed E-state index contributed by atoms with van der Waals surface area (Å²) in [6.45, 7) is 4.78.